The van der Waals surface area contributed by atoms with Crippen LogP contribution in [0.2, 0.25) is 0 Å². The largest absolute Gasteiger partial charge is 0.431 e. The fourth-order valence-electron chi connectivity index (χ4n) is 0.691. The van der Waals surface area contributed by atoms with Gasteiger partial charge in [-0.2, -0.15) is 13.2 Å². The van der Waals surface area contributed by atoms with E-state index in [-0.39, 0.29) is 11.1 Å². The molecule has 2 N–H and O–H groups in total. The molecule has 0 heterocycles. The highest BCUT2D eigenvalue weighted by Gasteiger charge is 2.33. The zero-order chi connectivity index (χ0) is 10.6. The molecule has 0 saturated carbocycles. The van der Waals surface area contributed by atoms with Crippen LogP contribution in [-0.4, -0.2) is 19.4 Å². The van der Waals surface area contributed by atoms with Crippen molar-refractivity contribution in [3.05, 3.63) is 23.4 Å². The van der Waals surface area contributed by atoms with Crippen molar-refractivity contribution in [3.63, 3.8) is 0 Å². The quantitative estimate of drug-likeness (QED) is 0.527. The summed E-state index contributed by atoms with van der Waals surface area (Å²) in [5, 5.41) is 0. The summed E-state index contributed by atoms with van der Waals surface area (Å²) in [4.78, 5) is 3.47. The molecule has 0 aromatic carbocycles. The van der Waals surface area contributed by atoms with E-state index in [2.05, 4.69) is 11.6 Å². The van der Waals surface area contributed by atoms with Gasteiger partial charge in [-0.3, -0.25) is 4.99 Å². The zero-order valence-electron chi connectivity index (χ0n) is 7.44. The van der Waals surface area contributed by atoms with Gasteiger partial charge in [0.05, 0.1) is 0 Å². The molecule has 2 nitrogen and oxygen atoms in total. The third kappa shape index (κ3) is 3.31. The summed E-state index contributed by atoms with van der Waals surface area (Å²) in [7, 11) is 1.37. The SMILES string of the molecule is C=C(C)C(C=NC)=C(N)C(F)(F)F. The molecule has 0 spiro atoms. The van der Waals surface area contributed by atoms with E-state index in [0.717, 1.165) is 6.21 Å². The second kappa shape index (κ2) is 4.11. The molecule has 0 rings (SSSR count). The van der Waals surface area contributed by atoms with E-state index < -0.39 is 11.9 Å². The highest BCUT2D eigenvalue weighted by Crippen LogP contribution is 2.25. The second-order valence-electron chi connectivity index (χ2n) is 2.49. The minimum Gasteiger partial charge on any atom is -0.394 e. The Hall–Kier alpha value is -1.26. The number of alkyl halides is 3. The molecule has 0 radical (unpaired) electrons. The summed E-state index contributed by atoms with van der Waals surface area (Å²) in [6.45, 7) is 4.82. The minimum atomic E-state index is -4.53. The van der Waals surface area contributed by atoms with Gasteiger partial charge < -0.3 is 5.73 Å². The van der Waals surface area contributed by atoms with Gasteiger partial charge in [0.25, 0.3) is 0 Å². The molecule has 0 aliphatic carbocycles. The number of hydrogen-bond donors (Lipinski definition) is 1. The molecule has 13 heavy (non-hydrogen) atoms. The Kier molecular flexibility index (Phi) is 3.71. The second-order valence-corrected chi connectivity index (χ2v) is 2.49. The van der Waals surface area contributed by atoms with Crippen molar-refractivity contribution >= 4 is 6.21 Å². The Bertz CT molecular complexity index is 261. The monoisotopic (exact) mass is 192 g/mol. The van der Waals surface area contributed by atoms with Crippen molar-refractivity contribution in [2.24, 2.45) is 10.7 Å². The topological polar surface area (TPSA) is 38.4 Å². The van der Waals surface area contributed by atoms with Crippen molar-refractivity contribution in [2.45, 2.75) is 13.1 Å². The third-order valence-electron chi connectivity index (χ3n) is 1.31. The number of nitrogens with zero attached hydrogens (tertiary/aromatic N) is 1. The predicted octanol–water partition coefficient (Wildman–Crippen LogP) is 2.04. The van der Waals surface area contributed by atoms with Gasteiger partial charge in [-0.15, -0.1) is 0 Å². The maximum Gasteiger partial charge on any atom is 0.431 e. The number of nitrogens with two attached hydrogens (primary N) is 1. The lowest BCUT2D eigenvalue weighted by Crippen LogP contribution is -2.22. The maximum atomic E-state index is 12.1. The maximum absolute atomic E-state index is 12.1. The molecule has 74 valence electrons. The van der Waals surface area contributed by atoms with Crippen LogP contribution in [0, 0.1) is 0 Å². The van der Waals surface area contributed by atoms with Crippen LogP contribution in [0.1, 0.15) is 6.92 Å². The van der Waals surface area contributed by atoms with Gasteiger partial charge in [-0.05, 0) is 12.5 Å². The van der Waals surface area contributed by atoms with Crippen LogP contribution in [0.5, 0.6) is 0 Å². The normalized spacial score (nSPS) is 14.5. The summed E-state index contributed by atoms with van der Waals surface area (Å²) in [6.07, 6.45) is -3.49. The molecule has 0 saturated heterocycles. The summed E-state index contributed by atoms with van der Waals surface area (Å²) >= 11 is 0. The van der Waals surface area contributed by atoms with E-state index in [0.29, 0.717) is 0 Å². The van der Waals surface area contributed by atoms with Gasteiger partial charge in [0.15, 0.2) is 0 Å². The zero-order valence-corrected chi connectivity index (χ0v) is 7.44. The van der Waals surface area contributed by atoms with Gasteiger partial charge in [0.1, 0.15) is 5.70 Å². The average Bonchev–Trinajstić information content (AvgIpc) is 1.96. The van der Waals surface area contributed by atoms with Crippen LogP contribution in [0.3, 0.4) is 0 Å². The van der Waals surface area contributed by atoms with Gasteiger partial charge in [0.2, 0.25) is 0 Å². The fourth-order valence-corrected chi connectivity index (χ4v) is 0.691. The van der Waals surface area contributed by atoms with Crippen molar-refractivity contribution in [3.8, 4) is 0 Å². The summed E-state index contributed by atoms with van der Waals surface area (Å²) in [5.41, 5.74) is 3.79. The molecular formula is C8H11F3N2. The average molecular weight is 192 g/mol. The number of allylic oxidation sites excluding steroid dienone is 3. The first kappa shape index (κ1) is 11.7. The summed E-state index contributed by atoms with van der Waals surface area (Å²) in [5.74, 6) is 0. The first-order valence-electron chi connectivity index (χ1n) is 3.45. The van der Waals surface area contributed by atoms with Crippen molar-refractivity contribution in [1.82, 2.24) is 0 Å². The van der Waals surface area contributed by atoms with E-state index in [4.69, 9.17) is 5.73 Å². The Morgan fingerprint density at radius 2 is 1.92 bits per heavy atom. The molecule has 0 atom stereocenters. The molecule has 0 bridgehead atoms. The highest BCUT2D eigenvalue weighted by atomic mass is 19.4. The predicted molar refractivity (Wildman–Crippen MR) is 46.5 cm³/mol. The van der Waals surface area contributed by atoms with E-state index in [1.54, 1.807) is 0 Å². The van der Waals surface area contributed by atoms with Crippen LogP contribution in [0.15, 0.2) is 28.4 Å². The van der Waals surface area contributed by atoms with Gasteiger partial charge in [-0.1, -0.05) is 6.58 Å². The van der Waals surface area contributed by atoms with Crippen LogP contribution >= 0.6 is 0 Å². The van der Waals surface area contributed by atoms with Crippen LogP contribution in [-0.2, 0) is 0 Å². The van der Waals surface area contributed by atoms with Crippen LogP contribution in [0.25, 0.3) is 0 Å². The molecule has 0 aliphatic heterocycles. The van der Waals surface area contributed by atoms with E-state index >= 15 is 0 Å². The molecule has 0 unspecified atom stereocenters. The van der Waals surface area contributed by atoms with Crippen molar-refractivity contribution in [1.29, 1.82) is 0 Å². The highest BCUT2D eigenvalue weighted by molar-refractivity contribution is 5.85. The smallest absolute Gasteiger partial charge is 0.394 e. The molecule has 0 fully saturated rings. The summed E-state index contributed by atoms with van der Waals surface area (Å²) < 4.78 is 36.3. The first-order valence-corrected chi connectivity index (χ1v) is 3.45. The lowest BCUT2D eigenvalue weighted by molar-refractivity contribution is -0.0930. The van der Waals surface area contributed by atoms with Crippen molar-refractivity contribution < 1.29 is 13.2 Å². The van der Waals surface area contributed by atoms with Crippen LogP contribution < -0.4 is 5.73 Å². The molecule has 0 amide bonds. The van der Waals surface area contributed by atoms with Crippen LogP contribution in [0.4, 0.5) is 13.2 Å². The Morgan fingerprint density at radius 1 is 1.46 bits per heavy atom. The minimum absolute atomic E-state index is 0.171. The Labute approximate surface area is 74.6 Å². The molecular weight excluding hydrogens is 181 g/mol. The fraction of sp³-hybridized carbons (Fsp3) is 0.375. The number of hydrogen-bond acceptors (Lipinski definition) is 2. The van der Waals surface area contributed by atoms with E-state index in [1.807, 2.05) is 0 Å². The first-order chi connectivity index (χ1) is 5.80. The number of rotatable bonds is 2. The molecule has 0 aromatic rings. The third-order valence-corrected chi connectivity index (χ3v) is 1.31. The lowest BCUT2D eigenvalue weighted by Gasteiger charge is -2.10. The lowest BCUT2D eigenvalue weighted by atomic mass is 10.1. The molecule has 0 aliphatic rings. The Morgan fingerprint density at radius 3 is 2.15 bits per heavy atom. The number of aliphatic imine (C=N–C) groups is 1. The Balaban J connectivity index is 5.22. The van der Waals surface area contributed by atoms with E-state index in [1.165, 1.54) is 14.0 Å². The van der Waals surface area contributed by atoms with E-state index in [9.17, 15) is 13.2 Å². The molecule has 5 heteroatoms. The standard InChI is InChI=1S/C8H11F3N2/c1-5(2)6(4-13-3)7(12)8(9,10)11/h4H,1,12H2,2-3H3. The van der Waals surface area contributed by atoms with Gasteiger partial charge in [0, 0.05) is 18.8 Å². The van der Waals surface area contributed by atoms with Gasteiger partial charge >= 0.3 is 6.18 Å². The molecule has 0 aromatic heterocycles. The summed E-state index contributed by atoms with van der Waals surface area (Å²) in [6, 6.07) is 0. The number of halogens is 3. The van der Waals surface area contributed by atoms with Crippen molar-refractivity contribution in [2.75, 3.05) is 7.05 Å². The van der Waals surface area contributed by atoms with Gasteiger partial charge in [-0.25, -0.2) is 0 Å².